The Kier molecular flexibility index (Phi) is 4.26. The summed E-state index contributed by atoms with van der Waals surface area (Å²) in [7, 11) is 0. The quantitative estimate of drug-likeness (QED) is 0.634. The minimum absolute atomic E-state index is 0.0200. The van der Waals surface area contributed by atoms with E-state index in [4.69, 9.17) is 4.74 Å². The Balaban J connectivity index is 3.44. The first kappa shape index (κ1) is 16.2. The average molecular weight is 292 g/mol. The summed E-state index contributed by atoms with van der Waals surface area (Å²) in [5, 5.41) is 3.72. The van der Waals surface area contributed by atoms with E-state index in [-0.39, 0.29) is 6.61 Å². The highest BCUT2D eigenvalue weighted by atomic mass is 19.4. The predicted octanol–water partition coefficient (Wildman–Crippen LogP) is 2.56. The van der Waals surface area contributed by atoms with E-state index in [9.17, 15) is 22.8 Å². The van der Waals surface area contributed by atoms with Crippen LogP contribution in [0.2, 0.25) is 0 Å². The molecule has 0 aromatic carbocycles. The SMILES string of the molecule is CCOC(=O)c1c(C(=O)C(F)(F)F)cnn1C(C)(C)C. The lowest BCUT2D eigenvalue weighted by Crippen LogP contribution is -2.30. The van der Waals surface area contributed by atoms with Crippen LogP contribution >= 0.6 is 0 Å². The Morgan fingerprint density at radius 1 is 1.30 bits per heavy atom. The number of ether oxygens (including phenoxy) is 1. The fraction of sp³-hybridized carbons (Fsp3) is 0.583. The zero-order valence-corrected chi connectivity index (χ0v) is 11.5. The van der Waals surface area contributed by atoms with Crippen LogP contribution in [0.1, 0.15) is 48.5 Å². The number of esters is 1. The van der Waals surface area contributed by atoms with E-state index in [1.165, 1.54) is 6.92 Å². The van der Waals surface area contributed by atoms with Gasteiger partial charge in [0.05, 0.1) is 23.9 Å². The molecule has 0 aliphatic rings. The molecule has 0 saturated carbocycles. The maximum Gasteiger partial charge on any atom is 0.455 e. The van der Waals surface area contributed by atoms with Gasteiger partial charge < -0.3 is 4.74 Å². The Labute approximate surface area is 113 Å². The van der Waals surface area contributed by atoms with Gasteiger partial charge in [-0.3, -0.25) is 9.48 Å². The molecule has 0 atom stereocenters. The second-order valence-corrected chi connectivity index (χ2v) is 5.04. The van der Waals surface area contributed by atoms with E-state index in [1.807, 2.05) is 0 Å². The molecule has 0 unspecified atom stereocenters. The van der Waals surface area contributed by atoms with Gasteiger partial charge in [0.1, 0.15) is 0 Å². The van der Waals surface area contributed by atoms with Gasteiger partial charge in [-0.15, -0.1) is 0 Å². The van der Waals surface area contributed by atoms with Crippen LogP contribution < -0.4 is 0 Å². The lowest BCUT2D eigenvalue weighted by Gasteiger charge is -2.22. The van der Waals surface area contributed by atoms with Crippen LogP contribution in [0.15, 0.2) is 6.20 Å². The molecule has 112 valence electrons. The van der Waals surface area contributed by atoms with E-state index in [0.29, 0.717) is 0 Å². The largest absolute Gasteiger partial charge is 0.461 e. The van der Waals surface area contributed by atoms with Crippen molar-refractivity contribution in [2.45, 2.75) is 39.4 Å². The third kappa shape index (κ3) is 3.17. The number of aromatic nitrogens is 2. The normalized spacial score (nSPS) is 12.3. The van der Waals surface area contributed by atoms with Gasteiger partial charge in [-0.05, 0) is 27.7 Å². The number of alkyl halides is 3. The van der Waals surface area contributed by atoms with Crippen LogP contribution in [0.4, 0.5) is 13.2 Å². The summed E-state index contributed by atoms with van der Waals surface area (Å²) in [5.41, 5.74) is -2.06. The van der Waals surface area contributed by atoms with Crippen LogP contribution in [0, 0.1) is 0 Å². The number of rotatable bonds is 3. The van der Waals surface area contributed by atoms with Crippen molar-refractivity contribution in [2.24, 2.45) is 0 Å². The number of nitrogens with zero attached hydrogens (tertiary/aromatic N) is 2. The number of ketones is 1. The lowest BCUT2D eigenvalue weighted by molar-refractivity contribution is -0.0885. The highest BCUT2D eigenvalue weighted by Crippen LogP contribution is 2.26. The van der Waals surface area contributed by atoms with Crippen molar-refractivity contribution in [3.8, 4) is 0 Å². The summed E-state index contributed by atoms with van der Waals surface area (Å²) in [4.78, 5) is 23.2. The number of Topliss-reactive ketones (excluding diaryl/α,β-unsaturated/α-hetero) is 1. The standard InChI is InChI=1S/C12H15F3N2O3/c1-5-20-10(19)8-7(9(18)12(13,14)15)6-16-17(8)11(2,3)4/h6H,5H2,1-4H3. The molecule has 0 aliphatic carbocycles. The Morgan fingerprint density at radius 2 is 1.85 bits per heavy atom. The fourth-order valence-electron chi connectivity index (χ4n) is 1.57. The third-order valence-electron chi connectivity index (χ3n) is 2.38. The van der Waals surface area contributed by atoms with Crippen molar-refractivity contribution < 1.29 is 27.5 Å². The lowest BCUT2D eigenvalue weighted by atomic mass is 10.1. The van der Waals surface area contributed by atoms with Gasteiger partial charge in [0.25, 0.3) is 5.78 Å². The molecule has 0 N–H and O–H groups in total. The predicted molar refractivity (Wildman–Crippen MR) is 63.6 cm³/mol. The Morgan fingerprint density at radius 3 is 2.25 bits per heavy atom. The van der Waals surface area contributed by atoms with Crippen LogP contribution in [0.3, 0.4) is 0 Å². The molecule has 8 heteroatoms. The molecule has 1 aromatic rings. The summed E-state index contributed by atoms with van der Waals surface area (Å²) >= 11 is 0. The molecule has 1 aromatic heterocycles. The van der Waals surface area contributed by atoms with Gasteiger partial charge in [-0.1, -0.05) is 0 Å². The second-order valence-electron chi connectivity index (χ2n) is 5.04. The molecule has 0 aliphatic heterocycles. The first-order valence-electron chi connectivity index (χ1n) is 5.87. The molecular formula is C12H15F3N2O3. The van der Waals surface area contributed by atoms with Gasteiger partial charge in [0.2, 0.25) is 0 Å². The Bertz CT molecular complexity index is 527. The van der Waals surface area contributed by atoms with Gasteiger partial charge >= 0.3 is 12.1 Å². The van der Waals surface area contributed by atoms with E-state index >= 15 is 0 Å². The molecule has 20 heavy (non-hydrogen) atoms. The van der Waals surface area contributed by atoms with E-state index < -0.39 is 34.7 Å². The van der Waals surface area contributed by atoms with Crippen molar-refractivity contribution in [3.05, 3.63) is 17.5 Å². The number of hydrogen-bond acceptors (Lipinski definition) is 4. The Hall–Kier alpha value is -1.86. The van der Waals surface area contributed by atoms with E-state index in [0.717, 1.165) is 10.9 Å². The van der Waals surface area contributed by atoms with Gasteiger partial charge in [-0.2, -0.15) is 18.3 Å². The van der Waals surface area contributed by atoms with E-state index in [2.05, 4.69) is 5.10 Å². The van der Waals surface area contributed by atoms with Crippen LogP contribution in [0.5, 0.6) is 0 Å². The molecule has 0 fully saturated rings. The minimum atomic E-state index is -5.08. The monoisotopic (exact) mass is 292 g/mol. The molecule has 0 bridgehead atoms. The first-order valence-corrected chi connectivity index (χ1v) is 5.87. The summed E-state index contributed by atoms with van der Waals surface area (Å²) in [6, 6.07) is 0. The highest BCUT2D eigenvalue weighted by Gasteiger charge is 2.43. The van der Waals surface area contributed by atoms with Crippen molar-refractivity contribution in [1.82, 2.24) is 9.78 Å². The van der Waals surface area contributed by atoms with Crippen molar-refractivity contribution >= 4 is 11.8 Å². The van der Waals surface area contributed by atoms with E-state index in [1.54, 1.807) is 20.8 Å². The summed E-state index contributed by atoms with van der Waals surface area (Å²) in [6.45, 7) is 6.43. The van der Waals surface area contributed by atoms with Crippen molar-refractivity contribution in [2.75, 3.05) is 6.61 Å². The maximum absolute atomic E-state index is 12.5. The molecule has 0 amide bonds. The summed E-state index contributed by atoms with van der Waals surface area (Å²) in [6.07, 6.45) is -4.33. The minimum Gasteiger partial charge on any atom is -0.461 e. The van der Waals surface area contributed by atoms with Crippen LogP contribution in [-0.2, 0) is 10.3 Å². The molecule has 1 rings (SSSR count). The third-order valence-corrected chi connectivity index (χ3v) is 2.38. The molecule has 0 spiro atoms. The fourth-order valence-corrected chi connectivity index (χ4v) is 1.57. The summed E-state index contributed by atoms with van der Waals surface area (Å²) in [5.74, 6) is -3.12. The molecule has 1 heterocycles. The number of carbonyl (C=O) groups excluding carboxylic acids is 2. The topological polar surface area (TPSA) is 61.2 Å². The average Bonchev–Trinajstić information content (AvgIpc) is 2.70. The van der Waals surface area contributed by atoms with Crippen LogP contribution in [0.25, 0.3) is 0 Å². The number of halogens is 3. The van der Waals surface area contributed by atoms with Gasteiger partial charge in [0.15, 0.2) is 5.69 Å². The zero-order valence-electron chi connectivity index (χ0n) is 11.5. The molecular weight excluding hydrogens is 277 g/mol. The first-order chi connectivity index (χ1) is 9.00. The number of hydrogen-bond donors (Lipinski definition) is 0. The number of carbonyl (C=O) groups is 2. The van der Waals surface area contributed by atoms with Gasteiger partial charge in [-0.25, -0.2) is 4.79 Å². The smallest absolute Gasteiger partial charge is 0.455 e. The summed E-state index contributed by atoms with van der Waals surface area (Å²) < 4.78 is 43.4. The van der Waals surface area contributed by atoms with Crippen molar-refractivity contribution in [1.29, 1.82) is 0 Å². The van der Waals surface area contributed by atoms with Crippen LogP contribution in [-0.4, -0.2) is 34.3 Å². The van der Waals surface area contributed by atoms with Crippen molar-refractivity contribution in [3.63, 3.8) is 0 Å². The zero-order chi connectivity index (χ0) is 15.7. The van der Waals surface area contributed by atoms with Gasteiger partial charge in [0, 0.05) is 0 Å². The second kappa shape index (κ2) is 5.26. The molecule has 0 radical (unpaired) electrons. The highest BCUT2D eigenvalue weighted by molar-refractivity contribution is 6.07. The maximum atomic E-state index is 12.5. The molecule has 5 nitrogen and oxygen atoms in total. The molecule has 0 saturated heterocycles.